The average molecular weight is 294 g/mol. The van der Waals surface area contributed by atoms with Crippen LogP contribution in [0.1, 0.15) is 10.4 Å². The van der Waals surface area contributed by atoms with Crippen molar-refractivity contribution in [1.82, 2.24) is 5.32 Å². The first-order valence-corrected chi connectivity index (χ1v) is 5.76. The molecule has 1 amide bonds. The summed E-state index contributed by atoms with van der Waals surface area (Å²) in [5.74, 6) is -8.39. The minimum Gasteiger partial charge on any atom is -0.394 e. The molecule has 0 radical (unpaired) electrons. The normalized spacial score (nSPS) is 11.6. The number of rotatable bonds is 4. The van der Waals surface area contributed by atoms with Crippen molar-refractivity contribution in [2.24, 2.45) is 0 Å². The summed E-state index contributed by atoms with van der Waals surface area (Å²) in [6.45, 7) is 0.559. The van der Waals surface area contributed by atoms with Crippen LogP contribution in [0, 0.1) is 23.3 Å². The Kier molecular flexibility index (Phi) is 4.59. The summed E-state index contributed by atoms with van der Waals surface area (Å²) in [7, 11) is 5.53. The molecule has 0 atom stereocenters. The highest BCUT2D eigenvalue weighted by molar-refractivity contribution is 5.95. The van der Waals surface area contributed by atoms with Crippen molar-refractivity contribution in [2.45, 2.75) is 0 Å². The van der Waals surface area contributed by atoms with E-state index < -0.39 is 40.4 Å². The largest absolute Gasteiger partial charge is 0.394 e. The maximum atomic E-state index is 13.5. The molecule has 0 aliphatic carbocycles. The zero-order chi connectivity index (χ0) is 15.7. The molecule has 0 aromatic heterocycles. The monoisotopic (exact) mass is 294 g/mol. The number of quaternary nitrogens is 1. The van der Waals surface area contributed by atoms with Gasteiger partial charge in [-0.25, -0.2) is 17.6 Å². The molecule has 4 nitrogen and oxygen atoms in total. The Bertz CT molecular complexity index is 511. The van der Waals surface area contributed by atoms with E-state index in [-0.39, 0.29) is 6.54 Å². The van der Waals surface area contributed by atoms with Crippen LogP contribution < -0.4 is 11.1 Å². The lowest BCUT2D eigenvalue weighted by Gasteiger charge is -2.23. The first-order valence-electron chi connectivity index (χ1n) is 5.76. The molecule has 1 rings (SSSR count). The Morgan fingerprint density at radius 3 is 1.90 bits per heavy atom. The van der Waals surface area contributed by atoms with Gasteiger partial charge in [-0.15, -0.1) is 0 Å². The Morgan fingerprint density at radius 1 is 1.05 bits per heavy atom. The fraction of sp³-hybridized carbons (Fsp3) is 0.417. The number of nitrogens with zero attached hydrogens (tertiary/aromatic N) is 1. The highest BCUT2D eigenvalue weighted by Gasteiger charge is 2.28. The minimum atomic E-state index is -1.80. The zero-order valence-electron chi connectivity index (χ0n) is 11.4. The Balaban J connectivity index is 3.00. The maximum absolute atomic E-state index is 13.5. The van der Waals surface area contributed by atoms with Crippen molar-refractivity contribution in [2.75, 3.05) is 40.0 Å². The van der Waals surface area contributed by atoms with Gasteiger partial charge in [-0.05, 0) is 0 Å². The molecule has 0 unspecified atom stereocenters. The number of hydrogen-bond acceptors (Lipinski definition) is 2. The molecule has 8 heteroatoms. The van der Waals surface area contributed by atoms with E-state index in [0.29, 0.717) is 11.0 Å². The summed E-state index contributed by atoms with van der Waals surface area (Å²) < 4.78 is 53.9. The molecule has 112 valence electrons. The standard InChI is InChI=1S/C12H15F4N3O/c1-19(2,3)5-4-18-12(20)6-7(13)9(15)11(17)10(16)8(6)14/h4-5H2,1-3H3,(H2-,17,18,20)/p+1. The number of likely N-dealkylation sites (N-methyl/N-ethyl adjacent to an activating group) is 1. The van der Waals surface area contributed by atoms with Gasteiger partial charge in [0.15, 0.2) is 23.3 Å². The molecule has 0 spiro atoms. The molecule has 0 saturated carbocycles. The topological polar surface area (TPSA) is 55.1 Å². The van der Waals surface area contributed by atoms with Crippen molar-refractivity contribution in [3.05, 3.63) is 28.8 Å². The number of benzene rings is 1. The third kappa shape index (κ3) is 3.38. The minimum absolute atomic E-state index is 0.0921. The summed E-state index contributed by atoms with van der Waals surface area (Å²) in [6, 6.07) is 0. The number of nitrogens with one attached hydrogen (secondary N) is 1. The fourth-order valence-electron chi connectivity index (χ4n) is 1.44. The van der Waals surface area contributed by atoms with Crippen LogP contribution in [0.3, 0.4) is 0 Å². The van der Waals surface area contributed by atoms with Crippen molar-refractivity contribution < 1.29 is 26.8 Å². The Labute approximate surface area is 113 Å². The van der Waals surface area contributed by atoms with Gasteiger partial charge in [0.2, 0.25) is 0 Å². The summed E-state index contributed by atoms with van der Waals surface area (Å²) in [6.07, 6.45) is 0. The van der Waals surface area contributed by atoms with E-state index >= 15 is 0 Å². The lowest BCUT2D eigenvalue weighted by molar-refractivity contribution is -0.869. The van der Waals surface area contributed by atoms with E-state index in [1.807, 2.05) is 21.1 Å². The van der Waals surface area contributed by atoms with Crippen LogP contribution in [-0.2, 0) is 0 Å². The highest BCUT2D eigenvalue weighted by atomic mass is 19.2. The maximum Gasteiger partial charge on any atom is 0.257 e. The van der Waals surface area contributed by atoms with E-state index in [2.05, 4.69) is 5.32 Å². The predicted octanol–water partition coefficient (Wildman–Crippen LogP) is 1.26. The van der Waals surface area contributed by atoms with Gasteiger partial charge >= 0.3 is 0 Å². The van der Waals surface area contributed by atoms with Gasteiger partial charge in [-0.3, -0.25) is 4.79 Å². The summed E-state index contributed by atoms with van der Waals surface area (Å²) in [4.78, 5) is 11.6. The van der Waals surface area contributed by atoms with E-state index in [0.717, 1.165) is 0 Å². The highest BCUT2D eigenvalue weighted by Crippen LogP contribution is 2.25. The molecule has 0 fully saturated rings. The van der Waals surface area contributed by atoms with Crippen molar-refractivity contribution in [1.29, 1.82) is 0 Å². The van der Waals surface area contributed by atoms with Gasteiger partial charge < -0.3 is 15.5 Å². The van der Waals surface area contributed by atoms with Crippen molar-refractivity contribution >= 4 is 11.6 Å². The van der Waals surface area contributed by atoms with Crippen LogP contribution in [0.5, 0.6) is 0 Å². The number of nitrogens with two attached hydrogens (primary N) is 1. The van der Waals surface area contributed by atoms with Gasteiger partial charge in [-0.2, -0.15) is 0 Å². The number of nitrogen functional groups attached to an aromatic ring is 1. The number of anilines is 1. The number of hydrogen-bond donors (Lipinski definition) is 2. The fourth-order valence-corrected chi connectivity index (χ4v) is 1.44. The van der Waals surface area contributed by atoms with Crippen LogP contribution in [0.25, 0.3) is 0 Å². The van der Waals surface area contributed by atoms with E-state index in [1.165, 1.54) is 0 Å². The predicted molar refractivity (Wildman–Crippen MR) is 65.9 cm³/mol. The van der Waals surface area contributed by atoms with Gasteiger partial charge in [0, 0.05) is 0 Å². The lowest BCUT2D eigenvalue weighted by atomic mass is 10.1. The van der Waals surface area contributed by atoms with Gasteiger partial charge in [0.25, 0.3) is 5.91 Å². The molecule has 0 heterocycles. The summed E-state index contributed by atoms with van der Waals surface area (Å²) in [5.41, 5.74) is 2.25. The van der Waals surface area contributed by atoms with Crippen LogP contribution in [0.15, 0.2) is 0 Å². The van der Waals surface area contributed by atoms with Gasteiger partial charge in [0.05, 0.1) is 34.2 Å². The van der Waals surface area contributed by atoms with Gasteiger partial charge in [-0.1, -0.05) is 0 Å². The molecular formula is C12H16F4N3O+. The SMILES string of the molecule is C[N+](C)(C)CCNC(=O)c1c(F)c(F)c(N)c(F)c1F. The van der Waals surface area contributed by atoms with E-state index in [1.54, 1.807) is 0 Å². The van der Waals surface area contributed by atoms with Crippen LogP contribution in [0.4, 0.5) is 23.2 Å². The Morgan fingerprint density at radius 2 is 1.50 bits per heavy atom. The van der Waals surface area contributed by atoms with Crippen LogP contribution in [0.2, 0.25) is 0 Å². The molecule has 0 saturated heterocycles. The third-order valence-corrected chi connectivity index (χ3v) is 2.59. The van der Waals surface area contributed by atoms with Crippen molar-refractivity contribution in [3.63, 3.8) is 0 Å². The molecule has 20 heavy (non-hydrogen) atoms. The van der Waals surface area contributed by atoms with E-state index in [4.69, 9.17) is 5.73 Å². The first kappa shape index (κ1) is 16.2. The molecule has 0 aliphatic heterocycles. The number of amides is 1. The van der Waals surface area contributed by atoms with E-state index in [9.17, 15) is 22.4 Å². The van der Waals surface area contributed by atoms with Crippen LogP contribution >= 0.6 is 0 Å². The summed E-state index contributed by atoms with van der Waals surface area (Å²) in [5, 5.41) is 2.20. The quantitative estimate of drug-likeness (QED) is 0.380. The molecule has 0 bridgehead atoms. The second kappa shape index (κ2) is 5.66. The average Bonchev–Trinajstić information content (AvgIpc) is 2.32. The lowest BCUT2D eigenvalue weighted by Crippen LogP contribution is -2.42. The zero-order valence-corrected chi connectivity index (χ0v) is 11.4. The Hall–Kier alpha value is -1.83. The number of halogens is 4. The smallest absolute Gasteiger partial charge is 0.257 e. The second-order valence-electron chi connectivity index (χ2n) is 5.31. The molecule has 3 N–H and O–H groups in total. The molecule has 0 aliphatic rings. The summed E-state index contributed by atoms with van der Waals surface area (Å²) >= 11 is 0. The molecule has 1 aromatic carbocycles. The third-order valence-electron chi connectivity index (χ3n) is 2.59. The second-order valence-corrected chi connectivity index (χ2v) is 5.31. The molecular weight excluding hydrogens is 278 g/mol. The first-order chi connectivity index (χ1) is 9.06. The molecule has 1 aromatic rings. The van der Waals surface area contributed by atoms with Gasteiger partial charge in [0.1, 0.15) is 11.3 Å². The number of carbonyl (C=O) groups excluding carboxylic acids is 1. The number of carbonyl (C=O) groups is 1. The van der Waals surface area contributed by atoms with Crippen LogP contribution in [-0.4, -0.2) is 44.6 Å². The van der Waals surface area contributed by atoms with Crippen molar-refractivity contribution in [3.8, 4) is 0 Å².